The van der Waals surface area contributed by atoms with E-state index in [1.54, 1.807) is 0 Å². The third-order valence-corrected chi connectivity index (χ3v) is 4.57. The van der Waals surface area contributed by atoms with Crippen molar-refractivity contribution in [3.63, 3.8) is 0 Å². The summed E-state index contributed by atoms with van der Waals surface area (Å²) in [6, 6.07) is 1.03. The summed E-state index contributed by atoms with van der Waals surface area (Å²) in [4.78, 5) is 0. The van der Waals surface area contributed by atoms with E-state index in [1.807, 2.05) is 0 Å². The molecule has 0 spiro atoms. The number of aliphatic hydroxyl groups is 1. The number of rotatable bonds is 1. The summed E-state index contributed by atoms with van der Waals surface area (Å²) < 4.78 is 0. The highest BCUT2D eigenvalue weighted by Crippen LogP contribution is 2.42. The lowest BCUT2D eigenvalue weighted by atomic mass is 9.65. The van der Waals surface area contributed by atoms with E-state index >= 15 is 0 Å². The molecule has 0 aromatic carbocycles. The summed E-state index contributed by atoms with van der Waals surface area (Å²) in [5, 5.41) is 14.4. The molecule has 2 fully saturated rings. The lowest BCUT2D eigenvalue weighted by molar-refractivity contribution is -0.0906. The van der Waals surface area contributed by atoms with E-state index in [0.29, 0.717) is 18.0 Å². The summed E-state index contributed by atoms with van der Waals surface area (Å²) >= 11 is 0. The molecule has 0 radical (unpaired) electrons. The molecule has 2 nitrogen and oxygen atoms in total. The zero-order valence-electron chi connectivity index (χ0n) is 10.3. The van der Waals surface area contributed by atoms with Gasteiger partial charge in [0.05, 0.1) is 5.60 Å². The Bertz CT molecular complexity index is 229. The maximum atomic E-state index is 10.7. The van der Waals surface area contributed by atoms with Gasteiger partial charge >= 0.3 is 0 Å². The monoisotopic (exact) mass is 211 g/mol. The van der Waals surface area contributed by atoms with Gasteiger partial charge in [-0.15, -0.1) is 0 Å². The van der Waals surface area contributed by atoms with Crippen LogP contribution in [0.1, 0.15) is 52.9 Å². The summed E-state index contributed by atoms with van der Waals surface area (Å²) in [7, 11) is 0. The minimum Gasteiger partial charge on any atom is -0.389 e. The Kier molecular flexibility index (Phi) is 3.09. The molecule has 1 heterocycles. The summed E-state index contributed by atoms with van der Waals surface area (Å²) in [5.74, 6) is 1.32. The number of piperidine rings is 1. The molecule has 0 aromatic heterocycles. The molecule has 2 heteroatoms. The summed E-state index contributed by atoms with van der Waals surface area (Å²) in [6.07, 6.45) is 5.58. The van der Waals surface area contributed by atoms with Crippen LogP contribution in [0, 0.1) is 11.8 Å². The molecule has 0 bridgehead atoms. The molecule has 2 aliphatic rings. The van der Waals surface area contributed by atoms with Gasteiger partial charge in [0.15, 0.2) is 0 Å². The quantitative estimate of drug-likeness (QED) is 0.697. The largest absolute Gasteiger partial charge is 0.389 e. The second kappa shape index (κ2) is 4.06. The molecule has 0 amide bonds. The number of hydrogen-bond donors (Lipinski definition) is 2. The molecule has 1 saturated carbocycles. The van der Waals surface area contributed by atoms with E-state index in [9.17, 15) is 5.11 Å². The molecule has 1 saturated heterocycles. The number of hydrogen-bond acceptors (Lipinski definition) is 2. The molecular formula is C13H25NO. The van der Waals surface area contributed by atoms with Crippen LogP contribution in [0.3, 0.4) is 0 Å². The third-order valence-electron chi connectivity index (χ3n) is 4.57. The molecule has 5 atom stereocenters. The topological polar surface area (TPSA) is 32.3 Å². The smallest absolute Gasteiger partial charge is 0.0702 e. The normalized spacial score (nSPS) is 51.2. The van der Waals surface area contributed by atoms with Crippen LogP contribution in [0.15, 0.2) is 0 Å². The average molecular weight is 211 g/mol. The van der Waals surface area contributed by atoms with Crippen molar-refractivity contribution in [2.24, 2.45) is 11.8 Å². The number of nitrogens with one attached hydrogen (secondary N) is 1. The van der Waals surface area contributed by atoms with E-state index in [2.05, 4.69) is 26.1 Å². The van der Waals surface area contributed by atoms with Crippen molar-refractivity contribution >= 4 is 0 Å². The average Bonchev–Trinajstić information content (AvgIpc) is 2.16. The van der Waals surface area contributed by atoms with Crippen LogP contribution in [0.25, 0.3) is 0 Å². The lowest BCUT2D eigenvalue weighted by Crippen LogP contribution is -2.60. The highest BCUT2D eigenvalue weighted by Gasteiger charge is 2.46. The van der Waals surface area contributed by atoms with Gasteiger partial charge in [-0.3, -0.25) is 0 Å². The van der Waals surface area contributed by atoms with Gasteiger partial charge in [-0.1, -0.05) is 20.3 Å². The molecule has 1 aliphatic heterocycles. The Labute approximate surface area is 93.5 Å². The van der Waals surface area contributed by atoms with Crippen LogP contribution in [0.4, 0.5) is 0 Å². The van der Waals surface area contributed by atoms with E-state index in [0.717, 1.165) is 18.8 Å². The standard InChI is InChI=1S/C13H25NO/c1-4-13(15)8-10(3)14-12-7-9(2)5-6-11(12)13/h9-12,14-15H,4-8H2,1-3H3. The third kappa shape index (κ3) is 2.07. The molecule has 2 rings (SSSR count). The van der Waals surface area contributed by atoms with Gasteiger partial charge in [0.25, 0.3) is 0 Å². The van der Waals surface area contributed by atoms with Crippen LogP contribution in [0.5, 0.6) is 0 Å². The molecule has 88 valence electrons. The van der Waals surface area contributed by atoms with Gasteiger partial charge in [0.1, 0.15) is 0 Å². The maximum absolute atomic E-state index is 10.7. The Morgan fingerprint density at radius 3 is 2.73 bits per heavy atom. The molecule has 2 N–H and O–H groups in total. The Balaban J connectivity index is 2.14. The molecule has 5 unspecified atom stereocenters. The van der Waals surface area contributed by atoms with Crippen molar-refractivity contribution in [2.75, 3.05) is 0 Å². The molecule has 1 aliphatic carbocycles. The van der Waals surface area contributed by atoms with Crippen molar-refractivity contribution in [1.82, 2.24) is 5.32 Å². The van der Waals surface area contributed by atoms with E-state index in [-0.39, 0.29) is 0 Å². The highest BCUT2D eigenvalue weighted by atomic mass is 16.3. The molecule has 0 aromatic rings. The Morgan fingerprint density at radius 2 is 2.07 bits per heavy atom. The summed E-state index contributed by atoms with van der Waals surface area (Å²) in [6.45, 7) is 6.67. The van der Waals surface area contributed by atoms with Crippen molar-refractivity contribution < 1.29 is 5.11 Å². The predicted molar refractivity (Wildman–Crippen MR) is 62.7 cm³/mol. The first kappa shape index (κ1) is 11.4. The first-order valence-electron chi connectivity index (χ1n) is 6.53. The van der Waals surface area contributed by atoms with Crippen molar-refractivity contribution in [1.29, 1.82) is 0 Å². The zero-order chi connectivity index (χ0) is 11.1. The first-order valence-corrected chi connectivity index (χ1v) is 6.53. The van der Waals surface area contributed by atoms with E-state index in [4.69, 9.17) is 0 Å². The van der Waals surface area contributed by atoms with Gasteiger partial charge in [-0.05, 0) is 38.5 Å². The summed E-state index contributed by atoms with van der Waals surface area (Å²) in [5.41, 5.74) is -0.393. The predicted octanol–water partition coefficient (Wildman–Crippen LogP) is 2.31. The number of fused-ring (bicyclic) bond motifs is 1. The fraction of sp³-hybridized carbons (Fsp3) is 1.00. The maximum Gasteiger partial charge on any atom is 0.0702 e. The van der Waals surface area contributed by atoms with Crippen LogP contribution >= 0.6 is 0 Å². The van der Waals surface area contributed by atoms with E-state index < -0.39 is 5.60 Å². The first-order chi connectivity index (χ1) is 7.05. The van der Waals surface area contributed by atoms with Crippen LogP contribution in [0.2, 0.25) is 0 Å². The lowest BCUT2D eigenvalue weighted by Gasteiger charge is -2.51. The minimum atomic E-state index is -0.393. The van der Waals surface area contributed by atoms with Gasteiger partial charge in [-0.2, -0.15) is 0 Å². The van der Waals surface area contributed by atoms with Crippen LogP contribution < -0.4 is 5.32 Å². The Hall–Kier alpha value is -0.0800. The fourth-order valence-corrected chi connectivity index (χ4v) is 3.72. The highest BCUT2D eigenvalue weighted by molar-refractivity contribution is 5.02. The Morgan fingerprint density at radius 1 is 1.33 bits per heavy atom. The van der Waals surface area contributed by atoms with Gasteiger partial charge in [-0.25, -0.2) is 0 Å². The zero-order valence-corrected chi connectivity index (χ0v) is 10.3. The minimum absolute atomic E-state index is 0.393. The second-order valence-electron chi connectivity index (χ2n) is 5.86. The van der Waals surface area contributed by atoms with Gasteiger partial charge < -0.3 is 10.4 Å². The van der Waals surface area contributed by atoms with Gasteiger partial charge in [0, 0.05) is 18.0 Å². The SMILES string of the molecule is CCC1(O)CC(C)NC2CC(C)CCC21. The van der Waals surface area contributed by atoms with Gasteiger partial charge in [0.2, 0.25) is 0 Å². The van der Waals surface area contributed by atoms with Crippen LogP contribution in [-0.2, 0) is 0 Å². The van der Waals surface area contributed by atoms with Crippen molar-refractivity contribution in [3.8, 4) is 0 Å². The second-order valence-corrected chi connectivity index (χ2v) is 5.86. The van der Waals surface area contributed by atoms with Crippen molar-refractivity contribution in [3.05, 3.63) is 0 Å². The molecular weight excluding hydrogens is 186 g/mol. The van der Waals surface area contributed by atoms with Crippen molar-refractivity contribution in [2.45, 2.75) is 70.6 Å². The van der Waals surface area contributed by atoms with Crippen LogP contribution in [-0.4, -0.2) is 22.8 Å². The fourth-order valence-electron chi connectivity index (χ4n) is 3.72. The van der Waals surface area contributed by atoms with E-state index in [1.165, 1.54) is 19.3 Å². The molecule has 15 heavy (non-hydrogen) atoms.